The van der Waals surface area contributed by atoms with Crippen LogP contribution in [0.2, 0.25) is 0 Å². The molecule has 5 nitrogen and oxygen atoms in total. The van der Waals surface area contributed by atoms with Gasteiger partial charge in [-0.1, -0.05) is 26.0 Å². The Labute approximate surface area is 194 Å². The Morgan fingerprint density at radius 1 is 1.09 bits per heavy atom. The van der Waals surface area contributed by atoms with Crippen molar-refractivity contribution in [2.24, 2.45) is 0 Å². The summed E-state index contributed by atoms with van der Waals surface area (Å²) in [6.07, 6.45) is -5.49. The van der Waals surface area contributed by atoms with Gasteiger partial charge < -0.3 is 19.5 Å². The second-order valence-electron chi connectivity index (χ2n) is 9.22. The molecular weight excluding hydrogens is 454 g/mol. The minimum absolute atomic E-state index is 0.116. The molecule has 3 rings (SSSR count). The third kappa shape index (κ3) is 5.42. The molecule has 2 aromatic carbocycles. The quantitative estimate of drug-likeness (QED) is 0.463. The highest BCUT2D eigenvalue weighted by molar-refractivity contribution is 5.78. The van der Waals surface area contributed by atoms with Crippen molar-refractivity contribution in [3.8, 4) is 5.75 Å². The van der Waals surface area contributed by atoms with Crippen LogP contribution >= 0.6 is 0 Å². The van der Waals surface area contributed by atoms with Crippen LogP contribution in [-0.4, -0.2) is 39.3 Å². The maximum atomic E-state index is 14.3. The molecule has 0 saturated heterocycles. The lowest BCUT2D eigenvalue weighted by atomic mass is 9.74. The second kappa shape index (κ2) is 9.38. The molecule has 0 radical (unpaired) electrons. The van der Waals surface area contributed by atoms with Gasteiger partial charge in [0.05, 0.1) is 18.2 Å². The van der Waals surface area contributed by atoms with Crippen LogP contribution in [0, 0.1) is 5.82 Å². The van der Waals surface area contributed by atoms with Gasteiger partial charge in [0.1, 0.15) is 18.2 Å². The third-order valence-electron chi connectivity index (χ3n) is 5.73. The molecule has 0 aliphatic rings. The number of halogens is 4. The molecule has 1 aromatic heterocycles. The Hall–Kier alpha value is -2.91. The van der Waals surface area contributed by atoms with E-state index < -0.39 is 42.1 Å². The summed E-state index contributed by atoms with van der Waals surface area (Å²) < 4.78 is 63.6. The lowest BCUT2D eigenvalue weighted by Crippen LogP contribution is -2.52. The largest absolute Gasteiger partial charge is 0.491 e. The zero-order chi connectivity index (χ0) is 25.3. The van der Waals surface area contributed by atoms with Crippen molar-refractivity contribution in [2.45, 2.75) is 57.0 Å². The van der Waals surface area contributed by atoms with Gasteiger partial charge in [0.2, 0.25) is 0 Å². The number of aliphatic hydroxyl groups is 2. The average Bonchev–Trinajstić information content (AvgIpc) is 2.74. The molecule has 0 aliphatic carbocycles. The number of aliphatic hydroxyl groups excluding tert-OH is 1. The van der Waals surface area contributed by atoms with Gasteiger partial charge in [-0.2, -0.15) is 13.2 Å². The minimum Gasteiger partial charge on any atom is -0.491 e. The molecule has 3 aromatic rings. The van der Waals surface area contributed by atoms with E-state index in [-0.39, 0.29) is 34.3 Å². The molecule has 0 aliphatic heterocycles. The summed E-state index contributed by atoms with van der Waals surface area (Å²) in [5.41, 5.74) is -4.58. The molecule has 0 bridgehead atoms. The van der Waals surface area contributed by atoms with E-state index in [1.165, 1.54) is 49.7 Å². The number of hydrogen-bond acceptors (Lipinski definition) is 4. The van der Waals surface area contributed by atoms with Crippen molar-refractivity contribution < 1.29 is 32.5 Å². The fourth-order valence-corrected chi connectivity index (χ4v) is 4.12. The predicted molar refractivity (Wildman–Crippen MR) is 120 cm³/mol. The van der Waals surface area contributed by atoms with Gasteiger partial charge in [-0.05, 0) is 49.1 Å². The lowest BCUT2D eigenvalue weighted by molar-refractivity contribution is -0.271. The van der Waals surface area contributed by atoms with Gasteiger partial charge in [0, 0.05) is 23.2 Å². The van der Waals surface area contributed by atoms with Gasteiger partial charge in [0.25, 0.3) is 0 Å². The lowest BCUT2D eigenvalue weighted by Gasteiger charge is -2.39. The standard InChI is InChI=1S/C25H27F4NO4/c1-16(31)13-34-22-9-8-17(26)12-19(22)23(2,3)14-24(33,25(27,28)29)15-30-11-10-21(32)18-6-4-5-7-20(18)30/h4-12,16,31,33H,13-15H2,1-3H3. The van der Waals surface area contributed by atoms with Crippen molar-refractivity contribution in [2.75, 3.05) is 6.61 Å². The van der Waals surface area contributed by atoms with E-state index >= 15 is 0 Å². The number of aromatic nitrogens is 1. The molecule has 184 valence electrons. The van der Waals surface area contributed by atoms with E-state index in [0.29, 0.717) is 0 Å². The topological polar surface area (TPSA) is 71.7 Å². The van der Waals surface area contributed by atoms with Gasteiger partial charge >= 0.3 is 6.18 Å². The fourth-order valence-electron chi connectivity index (χ4n) is 4.12. The molecule has 0 spiro atoms. The van der Waals surface area contributed by atoms with Gasteiger partial charge in [0.15, 0.2) is 11.0 Å². The number of hydrogen-bond donors (Lipinski definition) is 2. The Bertz CT molecular complexity index is 1220. The summed E-state index contributed by atoms with van der Waals surface area (Å²) in [5, 5.41) is 20.7. The first-order valence-electron chi connectivity index (χ1n) is 10.7. The van der Waals surface area contributed by atoms with Crippen LogP contribution in [0.4, 0.5) is 17.6 Å². The first-order valence-corrected chi connectivity index (χ1v) is 10.7. The Morgan fingerprint density at radius 2 is 1.76 bits per heavy atom. The number of para-hydroxylation sites is 1. The van der Waals surface area contributed by atoms with Crippen LogP contribution < -0.4 is 10.2 Å². The van der Waals surface area contributed by atoms with E-state index in [9.17, 15) is 32.6 Å². The van der Waals surface area contributed by atoms with Crippen molar-refractivity contribution in [3.63, 3.8) is 0 Å². The van der Waals surface area contributed by atoms with Crippen LogP contribution in [0.5, 0.6) is 5.75 Å². The minimum atomic E-state index is -5.04. The van der Waals surface area contributed by atoms with Gasteiger partial charge in [-0.25, -0.2) is 4.39 Å². The Kier molecular flexibility index (Phi) is 7.10. The van der Waals surface area contributed by atoms with E-state index in [2.05, 4.69) is 0 Å². The Morgan fingerprint density at radius 3 is 2.41 bits per heavy atom. The summed E-state index contributed by atoms with van der Waals surface area (Å²) >= 11 is 0. The molecule has 9 heteroatoms. The average molecular weight is 481 g/mol. The summed E-state index contributed by atoms with van der Waals surface area (Å²) in [7, 11) is 0. The number of benzene rings is 2. The van der Waals surface area contributed by atoms with Gasteiger partial charge in [-0.3, -0.25) is 4.79 Å². The second-order valence-corrected chi connectivity index (χ2v) is 9.22. The number of nitrogens with zero attached hydrogens (tertiary/aromatic N) is 1. The molecule has 2 N–H and O–H groups in total. The Balaban J connectivity index is 2.04. The van der Waals surface area contributed by atoms with Crippen LogP contribution in [0.3, 0.4) is 0 Å². The number of pyridine rings is 1. The summed E-state index contributed by atoms with van der Waals surface area (Å²) in [4.78, 5) is 12.1. The zero-order valence-corrected chi connectivity index (χ0v) is 19.1. The highest BCUT2D eigenvalue weighted by Crippen LogP contribution is 2.44. The van der Waals surface area contributed by atoms with Crippen molar-refractivity contribution in [3.05, 3.63) is 76.3 Å². The number of alkyl halides is 3. The first-order chi connectivity index (χ1) is 15.7. The molecule has 2 unspecified atom stereocenters. The normalized spacial score (nSPS) is 15.2. The molecular formula is C25H27F4NO4. The molecule has 2 atom stereocenters. The number of ether oxygens (including phenoxy) is 1. The summed E-state index contributed by atoms with van der Waals surface area (Å²) in [6.45, 7) is 3.38. The zero-order valence-electron chi connectivity index (χ0n) is 19.1. The highest BCUT2D eigenvalue weighted by atomic mass is 19.4. The number of rotatable bonds is 8. The van der Waals surface area contributed by atoms with Crippen molar-refractivity contribution >= 4 is 10.9 Å². The van der Waals surface area contributed by atoms with E-state index in [4.69, 9.17) is 4.74 Å². The molecule has 0 saturated carbocycles. The van der Waals surface area contributed by atoms with Crippen LogP contribution in [0.25, 0.3) is 10.9 Å². The summed E-state index contributed by atoms with van der Waals surface area (Å²) in [5.74, 6) is -0.556. The molecule has 1 heterocycles. The first kappa shape index (κ1) is 25.7. The summed E-state index contributed by atoms with van der Waals surface area (Å²) in [6, 6.07) is 10.8. The van der Waals surface area contributed by atoms with E-state index in [1.807, 2.05) is 0 Å². The smallest absolute Gasteiger partial charge is 0.418 e. The number of fused-ring (bicyclic) bond motifs is 1. The molecule has 0 amide bonds. The monoisotopic (exact) mass is 481 g/mol. The highest BCUT2D eigenvalue weighted by Gasteiger charge is 2.56. The van der Waals surface area contributed by atoms with Crippen molar-refractivity contribution in [1.82, 2.24) is 4.57 Å². The third-order valence-corrected chi connectivity index (χ3v) is 5.73. The van der Waals surface area contributed by atoms with Crippen LogP contribution in [0.15, 0.2) is 59.5 Å². The maximum absolute atomic E-state index is 14.3. The van der Waals surface area contributed by atoms with Crippen LogP contribution in [-0.2, 0) is 12.0 Å². The SMILES string of the molecule is CC(O)COc1ccc(F)cc1C(C)(C)CC(O)(Cn1ccc(=O)c2ccccc21)C(F)(F)F. The van der Waals surface area contributed by atoms with Crippen LogP contribution in [0.1, 0.15) is 32.8 Å². The molecule has 0 fully saturated rings. The van der Waals surface area contributed by atoms with E-state index in [1.54, 1.807) is 12.1 Å². The van der Waals surface area contributed by atoms with Crippen molar-refractivity contribution in [1.29, 1.82) is 0 Å². The molecule has 34 heavy (non-hydrogen) atoms. The maximum Gasteiger partial charge on any atom is 0.418 e. The van der Waals surface area contributed by atoms with E-state index in [0.717, 1.165) is 18.2 Å². The predicted octanol–water partition coefficient (Wildman–Crippen LogP) is 4.56. The van der Waals surface area contributed by atoms with Gasteiger partial charge in [-0.15, -0.1) is 0 Å². The fraction of sp³-hybridized carbons (Fsp3) is 0.400.